The van der Waals surface area contributed by atoms with E-state index in [2.05, 4.69) is 35.0 Å². The van der Waals surface area contributed by atoms with Gasteiger partial charge in [-0.15, -0.1) is 0 Å². The molecule has 3 aromatic rings. The number of likely N-dealkylation sites (N-methyl/N-ethyl adjacent to an activating group) is 1. The van der Waals surface area contributed by atoms with Crippen LogP contribution in [0, 0.1) is 13.8 Å². The molecule has 2 aromatic carbocycles. The van der Waals surface area contributed by atoms with Crippen molar-refractivity contribution >= 4 is 39.8 Å². The van der Waals surface area contributed by atoms with Gasteiger partial charge in [0.1, 0.15) is 0 Å². The minimum Gasteiger partial charge on any atom is -0.367 e. The number of carbonyl (C=O) groups excluding carboxylic acids is 1. The van der Waals surface area contributed by atoms with Gasteiger partial charge in [0.2, 0.25) is 5.91 Å². The highest BCUT2D eigenvalue weighted by molar-refractivity contribution is 6.31. The van der Waals surface area contributed by atoms with E-state index in [4.69, 9.17) is 16.6 Å². The van der Waals surface area contributed by atoms with Crippen LogP contribution < -0.4 is 10.2 Å². The quantitative estimate of drug-likeness (QED) is 0.622. The molecule has 31 heavy (non-hydrogen) atoms. The Morgan fingerprint density at radius 3 is 2.58 bits per heavy atom. The summed E-state index contributed by atoms with van der Waals surface area (Å²) in [6, 6.07) is 13.8. The summed E-state index contributed by atoms with van der Waals surface area (Å²) in [5.74, 6) is -0.0565. The zero-order chi connectivity index (χ0) is 22.0. The minimum absolute atomic E-state index is 0.0565. The number of rotatable bonds is 5. The Morgan fingerprint density at radius 1 is 1.10 bits per heavy atom. The molecule has 1 amide bonds. The van der Waals surface area contributed by atoms with Crippen molar-refractivity contribution in [1.29, 1.82) is 0 Å². The summed E-state index contributed by atoms with van der Waals surface area (Å²) in [5, 5.41) is 4.83. The lowest BCUT2D eigenvalue weighted by Gasteiger charge is -2.36. The highest BCUT2D eigenvalue weighted by Gasteiger charge is 2.20. The summed E-state index contributed by atoms with van der Waals surface area (Å²) in [7, 11) is 0. The maximum absolute atomic E-state index is 13.1. The Labute approximate surface area is 189 Å². The first-order chi connectivity index (χ1) is 15.0. The van der Waals surface area contributed by atoms with Gasteiger partial charge in [0, 0.05) is 42.3 Å². The van der Waals surface area contributed by atoms with Crippen LogP contribution in [0.4, 0.5) is 11.4 Å². The number of benzene rings is 2. The lowest BCUT2D eigenvalue weighted by molar-refractivity contribution is -0.115. The van der Waals surface area contributed by atoms with Crippen LogP contribution in [-0.4, -0.2) is 48.5 Å². The van der Waals surface area contributed by atoms with Gasteiger partial charge in [-0.25, -0.2) is 0 Å². The SMILES string of the molecule is CCN1CCN(c2ccc(Cl)cc2NC(=O)Cc2c(C)nc3ccccc3c2C)CC1. The van der Waals surface area contributed by atoms with Gasteiger partial charge >= 0.3 is 0 Å². The molecule has 1 aliphatic rings. The van der Waals surface area contributed by atoms with Gasteiger partial charge < -0.3 is 15.1 Å². The molecule has 0 spiro atoms. The summed E-state index contributed by atoms with van der Waals surface area (Å²) in [5.41, 5.74) is 5.75. The van der Waals surface area contributed by atoms with Crippen molar-refractivity contribution in [2.24, 2.45) is 0 Å². The molecule has 0 bridgehead atoms. The molecule has 0 aliphatic carbocycles. The second-order valence-electron chi connectivity index (χ2n) is 8.13. The second kappa shape index (κ2) is 9.25. The molecule has 1 saturated heterocycles. The Hall–Kier alpha value is -2.63. The lowest BCUT2D eigenvalue weighted by Crippen LogP contribution is -2.46. The molecule has 4 rings (SSSR count). The first kappa shape index (κ1) is 21.6. The topological polar surface area (TPSA) is 48.5 Å². The smallest absolute Gasteiger partial charge is 0.228 e. The van der Waals surface area contributed by atoms with Gasteiger partial charge in [-0.1, -0.05) is 36.7 Å². The van der Waals surface area contributed by atoms with Gasteiger partial charge in [-0.3, -0.25) is 9.78 Å². The highest BCUT2D eigenvalue weighted by Crippen LogP contribution is 2.31. The summed E-state index contributed by atoms with van der Waals surface area (Å²) in [6.45, 7) is 11.2. The fraction of sp³-hybridized carbons (Fsp3) is 0.360. The third-order valence-corrected chi connectivity index (χ3v) is 6.45. The molecule has 0 radical (unpaired) electrons. The molecule has 0 atom stereocenters. The maximum atomic E-state index is 13.1. The zero-order valence-corrected chi connectivity index (χ0v) is 19.2. The number of aryl methyl sites for hydroxylation is 2. The van der Waals surface area contributed by atoms with E-state index in [0.717, 1.165) is 71.8 Å². The minimum atomic E-state index is -0.0565. The fourth-order valence-electron chi connectivity index (χ4n) is 4.37. The van der Waals surface area contributed by atoms with E-state index in [1.165, 1.54) is 0 Å². The number of pyridine rings is 1. The van der Waals surface area contributed by atoms with E-state index >= 15 is 0 Å². The van der Waals surface area contributed by atoms with Crippen LogP contribution >= 0.6 is 11.6 Å². The van der Waals surface area contributed by atoms with Crippen LogP contribution in [0.5, 0.6) is 0 Å². The van der Waals surface area contributed by atoms with E-state index in [-0.39, 0.29) is 12.3 Å². The lowest BCUT2D eigenvalue weighted by atomic mass is 9.99. The average Bonchev–Trinajstić information content (AvgIpc) is 2.77. The Bertz CT molecular complexity index is 1110. The van der Waals surface area contributed by atoms with Gasteiger partial charge in [-0.2, -0.15) is 0 Å². The third kappa shape index (κ3) is 4.68. The number of aromatic nitrogens is 1. The molecule has 0 unspecified atom stereocenters. The Kier molecular flexibility index (Phi) is 6.44. The number of amides is 1. The van der Waals surface area contributed by atoms with Crippen LogP contribution in [0.3, 0.4) is 0 Å². The van der Waals surface area contributed by atoms with Crippen molar-refractivity contribution in [3.8, 4) is 0 Å². The monoisotopic (exact) mass is 436 g/mol. The molecule has 2 heterocycles. The van der Waals surface area contributed by atoms with E-state index in [0.29, 0.717) is 5.02 Å². The number of hydrogen-bond acceptors (Lipinski definition) is 4. The van der Waals surface area contributed by atoms with Crippen molar-refractivity contribution < 1.29 is 4.79 Å². The van der Waals surface area contributed by atoms with Crippen molar-refractivity contribution in [2.45, 2.75) is 27.2 Å². The van der Waals surface area contributed by atoms with E-state index in [1.807, 2.05) is 43.3 Å². The number of anilines is 2. The van der Waals surface area contributed by atoms with Crippen molar-refractivity contribution in [2.75, 3.05) is 42.9 Å². The average molecular weight is 437 g/mol. The van der Waals surface area contributed by atoms with Gasteiger partial charge in [0.05, 0.1) is 23.3 Å². The third-order valence-electron chi connectivity index (χ3n) is 6.22. The normalized spacial score (nSPS) is 14.8. The maximum Gasteiger partial charge on any atom is 0.228 e. The fourth-order valence-corrected chi connectivity index (χ4v) is 4.55. The number of para-hydroxylation sites is 1. The van der Waals surface area contributed by atoms with Crippen LogP contribution in [0.2, 0.25) is 5.02 Å². The molecule has 1 fully saturated rings. The standard InChI is InChI=1S/C25H29ClN4O/c1-4-29-11-13-30(14-12-29)24-10-9-19(26)15-23(24)28-25(31)16-21-17(2)20-7-5-6-8-22(20)27-18(21)3/h5-10,15H,4,11-14,16H2,1-3H3,(H,28,31). The molecule has 6 heteroatoms. The van der Waals surface area contributed by atoms with E-state index < -0.39 is 0 Å². The molecular weight excluding hydrogens is 408 g/mol. The summed E-state index contributed by atoms with van der Waals surface area (Å²) in [4.78, 5) is 22.5. The van der Waals surface area contributed by atoms with Crippen LogP contribution in [-0.2, 0) is 11.2 Å². The molecule has 1 aliphatic heterocycles. The number of fused-ring (bicyclic) bond motifs is 1. The first-order valence-electron chi connectivity index (χ1n) is 10.9. The van der Waals surface area contributed by atoms with Crippen LogP contribution in [0.25, 0.3) is 10.9 Å². The Morgan fingerprint density at radius 2 is 1.84 bits per heavy atom. The summed E-state index contributed by atoms with van der Waals surface area (Å²) in [6.07, 6.45) is 0.283. The highest BCUT2D eigenvalue weighted by atomic mass is 35.5. The van der Waals surface area contributed by atoms with Gasteiger partial charge in [0.15, 0.2) is 0 Å². The number of nitrogens with zero attached hydrogens (tertiary/aromatic N) is 3. The molecule has 1 N–H and O–H groups in total. The number of nitrogens with one attached hydrogen (secondary N) is 1. The molecular formula is C25H29ClN4O. The number of halogens is 1. The van der Waals surface area contributed by atoms with Gasteiger partial charge in [0.25, 0.3) is 0 Å². The molecule has 162 valence electrons. The summed E-state index contributed by atoms with van der Waals surface area (Å²) < 4.78 is 0. The number of piperazine rings is 1. The van der Waals surface area contributed by atoms with Gasteiger partial charge in [-0.05, 0) is 55.8 Å². The van der Waals surface area contributed by atoms with E-state index in [1.54, 1.807) is 0 Å². The molecule has 0 saturated carbocycles. The predicted molar refractivity (Wildman–Crippen MR) is 129 cm³/mol. The Balaban J connectivity index is 1.56. The zero-order valence-electron chi connectivity index (χ0n) is 18.4. The number of hydrogen-bond donors (Lipinski definition) is 1. The van der Waals surface area contributed by atoms with Crippen molar-refractivity contribution in [1.82, 2.24) is 9.88 Å². The molecule has 1 aromatic heterocycles. The second-order valence-corrected chi connectivity index (χ2v) is 8.56. The van der Waals surface area contributed by atoms with Crippen molar-refractivity contribution in [3.05, 3.63) is 64.3 Å². The first-order valence-corrected chi connectivity index (χ1v) is 11.3. The molecule has 5 nitrogen and oxygen atoms in total. The van der Waals surface area contributed by atoms with Crippen molar-refractivity contribution in [3.63, 3.8) is 0 Å². The van der Waals surface area contributed by atoms with E-state index in [9.17, 15) is 4.79 Å². The summed E-state index contributed by atoms with van der Waals surface area (Å²) >= 11 is 6.27. The predicted octanol–water partition coefficient (Wildman–Crippen LogP) is 4.83. The largest absolute Gasteiger partial charge is 0.367 e. The van der Waals surface area contributed by atoms with Crippen LogP contribution in [0.1, 0.15) is 23.7 Å². The van der Waals surface area contributed by atoms with Crippen LogP contribution in [0.15, 0.2) is 42.5 Å². The number of carbonyl (C=O) groups is 1.